The van der Waals surface area contributed by atoms with E-state index in [1.807, 2.05) is 39.8 Å². The van der Waals surface area contributed by atoms with Gasteiger partial charge in [0.15, 0.2) is 5.75 Å². The smallest absolute Gasteiger partial charge is 0.151 e. The van der Waals surface area contributed by atoms with Gasteiger partial charge in [-0.15, -0.1) is 4.72 Å². The highest BCUT2D eigenvalue weighted by atomic mass is 79.9. The molecule has 0 aliphatic heterocycles. The zero-order valence-electron chi connectivity index (χ0n) is 11.3. The summed E-state index contributed by atoms with van der Waals surface area (Å²) in [5, 5.41) is 0. The molecule has 0 amide bonds. The Hall–Kier alpha value is -0.300. The average molecular weight is 335 g/mol. The standard InChI is InChI=1S/C12H19BrN2O2S/c1-8(15-18(16)12(2,3)4)9-6-7-10(17-5)11(13)14-9/h6-8,15H,1-5H3. The summed E-state index contributed by atoms with van der Waals surface area (Å²) in [5.74, 6) is 0.683. The van der Waals surface area contributed by atoms with Gasteiger partial charge in [0.25, 0.3) is 0 Å². The Kier molecular flexibility index (Phi) is 5.46. The van der Waals surface area contributed by atoms with E-state index in [9.17, 15) is 4.55 Å². The molecule has 0 radical (unpaired) electrons. The van der Waals surface area contributed by atoms with Gasteiger partial charge in [0.1, 0.15) is 9.35 Å². The van der Waals surface area contributed by atoms with Crippen molar-refractivity contribution in [3.05, 3.63) is 22.4 Å². The van der Waals surface area contributed by atoms with E-state index in [0.717, 1.165) is 5.69 Å². The maximum absolute atomic E-state index is 12.0. The van der Waals surface area contributed by atoms with Crippen molar-refractivity contribution >= 4 is 27.3 Å². The lowest BCUT2D eigenvalue weighted by molar-refractivity contribution is 0.409. The summed E-state index contributed by atoms with van der Waals surface area (Å²) in [4.78, 5) is 4.37. The van der Waals surface area contributed by atoms with Crippen LogP contribution in [0.1, 0.15) is 39.4 Å². The molecule has 1 aromatic heterocycles. The summed E-state index contributed by atoms with van der Waals surface area (Å²) in [6.07, 6.45) is 0. The molecular weight excluding hydrogens is 316 g/mol. The molecule has 18 heavy (non-hydrogen) atoms. The molecule has 0 saturated carbocycles. The van der Waals surface area contributed by atoms with Crippen LogP contribution in [0.5, 0.6) is 5.75 Å². The number of ether oxygens (including phenoxy) is 1. The number of hydrogen-bond donors (Lipinski definition) is 1. The second kappa shape index (κ2) is 6.23. The fourth-order valence-electron chi connectivity index (χ4n) is 1.23. The van der Waals surface area contributed by atoms with Crippen LogP contribution in [0.15, 0.2) is 16.7 Å². The largest absolute Gasteiger partial charge is 0.598 e. The first-order chi connectivity index (χ1) is 8.25. The topological polar surface area (TPSA) is 57.2 Å². The van der Waals surface area contributed by atoms with Gasteiger partial charge >= 0.3 is 0 Å². The molecule has 0 spiro atoms. The fourth-order valence-corrected chi connectivity index (χ4v) is 2.52. The number of methoxy groups -OCH3 is 1. The third-order valence-corrected chi connectivity index (χ3v) is 4.59. The van der Waals surface area contributed by atoms with Crippen molar-refractivity contribution in [1.29, 1.82) is 0 Å². The maximum Gasteiger partial charge on any atom is 0.151 e. The van der Waals surface area contributed by atoms with Gasteiger partial charge in [0.2, 0.25) is 0 Å². The number of rotatable bonds is 4. The van der Waals surface area contributed by atoms with Crippen molar-refractivity contribution in [3.63, 3.8) is 0 Å². The molecule has 1 rings (SSSR count). The van der Waals surface area contributed by atoms with Gasteiger partial charge in [0, 0.05) is 11.4 Å². The lowest BCUT2D eigenvalue weighted by atomic mass is 10.2. The first-order valence-corrected chi connectivity index (χ1v) is 7.58. The second-order valence-electron chi connectivity index (χ2n) is 4.95. The summed E-state index contributed by atoms with van der Waals surface area (Å²) in [6.45, 7) is 7.73. The molecule has 4 nitrogen and oxygen atoms in total. The highest BCUT2D eigenvalue weighted by Crippen LogP contribution is 2.25. The first kappa shape index (κ1) is 15.8. The van der Waals surface area contributed by atoms with Gasteiger partial charge in [-0.25, -0.2) is 4.98 Å². The van der Waals surface area contributed by atoms with Gasteiger partial charge in [-0.05, 0) is 55.8 Å². The summed E-state index contributed by atoms with van der Waals surface area (Å²) in [6, 6.07) is 3.61. The quantitative estimate of drug-likeness (QED) is 0.679. The third kappa shape index (κ3) is 4.12. The summed E-state index contributed by atoms with van der Waals surface area (Å²) < 4.78 is 20.5. The Balaban J connectivity index is 2.79. The molecule has 0 aromatic carbocycles. The molecule has 1 N–H and O–H groups in total. The van der Waals surface area contributed by atoms with E-state index in [1.165, 1.54) is 0 Å². The third-order valence-electron chi connectivity index (χ3n) is 2.34. The van der Waals surface area contributed by atoms with Gasteiger partial charge < -0.3 is 9.29 Å². The SMILES string of the molecule is COc1ccc(C(C)N[S+]([O-])C(C)(C)C)nc1Br. The van der Waals surface area contributed by atoms with Gasteiger partial charge in [-0.1, -0.05) is 0 Å². The minimum atomic E-state index is -1.12. The molecule has 0 fully saturated rings. The predicted octanol–water partition coefficient (Wildman–Crippen LogP) is 2.97. The van der Waals surface area contributed by atoms with E-state index in [4.69, 9.17) is 4.74 Å². The lowest BCUT2D eigenvalue weighted by Gasteiger charge is -2.26. The van der Waals surface area contributed by atoms with Crippen molar-refractivity contribution in [2.45, 2.75) is 38.5 Å². The predicted molar refractivity (Wildman–Crippen MR) is 77.9 cm³/mol. The van der Waals surface area contributed by atoms with Crippen LogP contribution in [-0.2, 0) is 11.4 Å². The molecule has 102 valence electrons. The monoisotopic (exact) mass is 334 g/mol. The minimum absolute atomic E-state index is 0.0905. The van der Waals surface area contributed by atoms with Gasteiger partial charge in [0.05, 0.1) is 18.8 Å². The van der Waals surface area contributed by atoms with E-state index in [1.54, 1.807) is 7.11 Å². The first-order valence-electron chi connectivity index (χ1n) is 5.64. The molecule has 0 bridgehead atoms. The van der Waals surface area contributed by atoms with Crippen LogP contribution in [-0.4, -0.2) is 21.4 Å². The van der Waals surface area contributed by atoms with Crippen LogP contribution in [0.2, 0.25) is 0 Å². The number of hydrogen-bond acceptors (Lipinski definition) is 4. The molecule has 1 heterocycles. The Labute approximate surface area is 120 Å². The van der Waals surface area contributed by atoms with Gasteiger partial charge in [-0.2, -0.15) is 0 Å². The molecule has 6 heteroatoms. The van der Waals surface area contributed by atoms with Crippen LogP contribution in [0.3, 0.4) is 0 Å². The van der Waals surface area contributed by atoms with E-state index in [-0.39, 0.29) is 10.8 Å². The Bertz CT molecular complexity index is 410. The van der Waals surface area contributed by atoms with Crippen LogP contribution < -0.4 is 9.46 Å². The van der Waals surface area contributed by atoms with Crippen LogP contribution in [0.25, 0.3) is 0 Å². The van der Waals surface area contributed by atoms with E-state index < -0.39 is 11.4 Å². The molecular formula is C12H19BrN2O2S. The Morgan fingerprint density at radius 1 is 1.44 bits per heavy atom. The van der Waals surface area contributed by atoms with Crippen LogP contribution >= 0.6 is 15.9 Å². The molecule has 0 aliphatic rings. The van der Waals surface area contributed by atoms with Crippen LogP contribution in [0.4, 0.5) is 0 Å². The van der Waals surface area contributed by atoms with Gasteiger partial charge in [-0.3, -0.25) is 0 Å². The number of nitrogens with zero attached hydrogens (tertiary/aromatic N) is 1. The van der Waals surface area contributed by atoms with Crippen molar-refractivity contribution in [2.24, 2.45) is 0 Å². The summed E-state index contributed by atoms with van der Waals surface area (Å²) in [5.41, 5.74) is 0.820. The Morgan fingerprint density at radius 3 is 2.50 bits per heavy atom. The van der Waals surface area contributed by atoms with E-state index in [2.05, 4.69) is 25.6 Å². The normalized spacial score (nSPS) is 15.3. The number of nitrogens with one attached hydrogen (secondary N) is 1. The van der Waals surface area contributed by atoms with Crippen molar-refractivity contribution in [2.75, 3.05) is 7.11 Å². The Morgan fingerprint density at radius 2 is 2.06 bits per heavy atom. The van der Waals surface area contributed by atoms with Crippen molar-refractivity contribution in [1.82, 2.24) is 9.71 Å². The molecule has 2 unspecified atom stereocenters. The van der Waals surface area contributed by atoms with Crippen LogP contribution in [0, 0.1) is 0 Å². The summed E-state index contributed by atoms with van der Waals surface area (Å²) >= 11 is 2.22. The number of pyridine rings is 1. The highest BCUT2D eigenvalue weighted by molar-refractivity contribution is 9.10. The number of aromatic nitrogens is 1. The lowest BCUT2D eigenvalue weighted by Crippen LogP contribution is -2.40. The minimum Gasteiger partial charge on any atom is -0.598 e. The molecule has 0 aliphatic carbocycles. The molecule has 2 atom stereocenters. The molecule has 1 aromatic rings. The average Bonchev–Trinajstić information content (AvgIpc) is 2.27. The zero-order valence-corrected chi connectivity index (χ0v) is 13.7. The van der Waals surface area contributed by atoms with Crippen molar-refractivity contribution in [3.8, 4) is 5.75 Å². The maximum atomic E-state index is 12.0. The zero-order chi connectivity index (χ0) is 13.9. The summed E-state index contributed by atoms with van der Waals surface area (Å²) in [7, 11) is 1.60. The number of halogens is 1. The fraction of sp³-hybridized carbons (Fsp3) is 0.583. The van der Waals surface area contributed by atoms with E-state index >= 15 is 0 Å². The van der Waals surface area contributed by atoms with Crippen molar-refractivity contribution < 1.29 is 9.29 Å². The molecule has 0 saturated heterocycles. The second-order valence-corrected chi connectivity index (χ2v) is 7.70. The highest BCUT2D eigenvalue weighted by Gasteiger charge is 2.28. The van der Waals surface area contributed by atoms with E-state index in [0.29, 0.717) is 10.4 Å².